The molecule has 2 fully saturated rings. The minimum absolute atomic E-state index is 0.0226. The lowest BCUT2D eigenvalue weighted by atomic mass is 9.78. The minimum atomic E-state index is -0.673. The molecule has 1 atom stereocenters. The largest absolute Gasteiger partial charge is 0.467 e. The second-order valence-electron chi connectivity index (χ2n) is 6.07. The smallest absolute Gasteiger partial charge is 0.249 e. The van der Waals surface area contributed by atoms with Crippen molar-refractivity contribution in [3.8, 4) is 0 Å². The van der Waals surface area contributed by atoms with E-state index in [-0.39, 0.29) is 11.8 Å². The van der Waals surface area contributed by atoms with Gasteiger partial charge < -0.3 is 14.6 Å². The highest BCUT2D eigenvalue weighted by Gasteiger charge is 2.50. The zero-order valence-corrected chi connectivity index (χ0v) is 12.4. The van der Waals surface area contributed by atoms with Gasteiger partial charge in [0.15, 0.2) is 0 Å². The van der Waals surface area contributed by atoms with Crippen LogP contribution < -0.4 is 5.32 Å². The fourth-order valence-electron chi connectivity index (χ4n) is 3.58. The van der Waals surface area contributed by atoms with Crippen LogP contribution in [0.2, 0.25) is 0 Å². The highest BCUT2D eigenvalue weighted by atomic mass is 16.3. The summed E-state index contributed by atoms with van der Waals surface area (Å²) in [5, 5.41) is 3.03. The summed E-state index contributed by atoms with van der Waals surface area (Å²) < 4.78 is 5.36. The molecule has 21 heavy (non-hydrogen) atoms. The van der Waals surface area contributed by atoms with Gasteiger partial charge in [-0.15, -0.1) is 0 Å². The molecule has 0 aromatic carbocycles. The Morgan fingerprint density at radius 1 is 1.33 bits per heavy atom. The lowest BCUT2D eigenvalue weighted by Crippen LogP contribution is -2.70. The fourth-order valence-corrected chi connectivity index (χ4v) is 3.58. The highest BCUT2D eigenvalue weighted by molar-refractivity contribution is 5.99. The van der Waals surface area contributed by atoms with E-state index in [2.05, 4.69) is 5.32 Å². The van der Waals surface area contributed by atoms with E-state index < -0.39 is 11.6 Å². The molecule has 1 N–H and O–H groups in total. The molecule has 1 saturated heterocycles. The van der Waals surface area contributed by atoms with E-state index in [1.807, 2.05) is 13.0 Å². The van der Waals surface area contributed by atoms with Crippen LogP contribution in [0.5, 0.6) is 0 Å². The number of furan rings is 1. The van der Waals surface area contributed by atoms with E-state index in [0.717, 1.165) is 37.9 Å². The molecule has 114 valence electrons. The first-order chi connectivity index (χ1) is 10.2. The van der Waals surface area contributed by atoms with Crippen LogP contribution in [-0.4, -0.2) is 28.3 Å². The monoisotopic (exact) mass is 290 g/mol. The lowest BCUT2D eigenvalue weighted by molar-refractivity contribution is -0.157. The molecule has 3 rings (SSSR count). The van der Waals surface area contributed by atoms with Crippen LogP contribution >= 0.6 is 0 Å². The van der Waals surface area contributed by atoms with E-state index >= 15 is 0 Å². The molecule has 5 nitrogen and oxygen atoms in total. The maximum Gasteiger partial charge on any atom is 0.249 e. The molecule has 2 amide bonds. The van der Waals surface area contributed by atoms with Gasteiger partial charge in [-0.05, 0) is 31.4 Å². The van der Waals surface area contributed by atoms with Crippen molar-refractivity contribution in [3.05, 3.63) is 24.2 Å². The Bertz CT molecular complexity index is 518. The molecule has 2 heterocycles. The van der Waals surface area contributed by atoms with E-state index in [0.29, 0.717) is 13.0 Å². The molecular formula is C16H22N2O3. The van der Waals surface area contributed by atoms with Gasteiger partial charge >= 0.3 is 0 Å². The van der Waals surface area contributed by atoms with Crippen molar-refractivity contribution in [3.63, 3.8) is 0 Å². The number of piperazine rings is 1. The van der Waals surface area contributed by atoms with Crippen LogP contribution in [0, 0.1) is 0 Å². The quantitative estimate of drug-likeness (QED) is 0.928. The summed E-state index contributed by atoms with van der Waals surface area (Å²) in [6, 6.07) is 3.26. The van der Waals surface area contributed by atoms with Crippen molar-refractivity contribution >= 4 is 11.8 Å². The fraction of sp³-hybridized carbons (Fsp3) is 0.625. The molecule has 1 aliphatic carbocycles. The standard InChI is InChI=1S/C16H22N2O3/c1-2-13-14(19)17-16(8-4-3-5-9-16)15(20)18(13)11-12-7-6-10-21-12/h6-7,10,13H,2-5,8-9,11H2,1H3,(H,17,19). The van der Waals surface area contributed by atoms with Crippen LogP contribution in [0.25, 0.3) is 0 Å². The maximum atomic E-state index is 13.0. The van der Waals surface area contributed by atoms with Crippen molar-refractivity contribution in [2.24, 2.45) is 0 Å². The Kier molecular flexibility index (Phi) is 3.74. The third-order valence-electron chi connectivity index (χ3n) is 4.71. The van der Waals surface area contributed by atoms with Gasteiger partial charge in [-0.3, -0.25) is 9.59 Å². The Morgan fingerprint density at radius 3 is 2.71 bits per heavy atom. The Morgan fingerprint density at radius 2 is 2.10 bits per heavy atom. The molecule has 1 aromatic rings. The second kappa shape index (κ2) is 5.54. The van der Waals surface area contributed by atoms with E-state index in [4.69, 9.17) is 4.42 Å². The first-order valence-electron chi connectivity index (χ1n) is 7.82. The Hall–Kier alpha value is -1.78. The van der Waals surface area contributed by atoms with E-state index in [1.54, 1.807) is 17.2 Å². The Labute approximate surface area is 124 Å². The van der Waals surface area contributed by atoms with Gasteiger partial charge in [0.1, 0.15) is 17.3 Å². The van der Waals surface area contributed by atoms with Gasteiger partial charge in [0.05, 0.1) is 12.8 Å². The number of carbonyl (C=O) groups excluding carboxylic acids is 2. The van der Waals surface area contributed by atoms with Crippen molar-refractivity contribution in [2.75, 3.05) is 0 Å². The van der Waals surface area contributed by atoms with Crippen LogP contribution in [0.15, 0.2) is 22.8 Å². The molecule has 2 aliphatic rings. The first kappa shape index (κ1) is 14.2. The van der Waals surface area contributed by atoms with Crippen LogP contribution in [0.1, 0.15) is 51.2 Å². The molecule has 1 unspecified atom stereocenters. The average Bonchev–Trinajstić information content (AvgIpc) is 2.99. The zero-order valence-electron chi connectivity index (χ0n) is 12.4. The maximum absolute atomic E-state index is 13.0. The number of rotatable bonds is 3. The zero-order chi connectivity index (χ0) is 14.9. The van der Waals surface area contributed by atoms with Gasteiger partial charge in [0.2, 0.25) is 11.8 Å². The highest BCUT2D eigenvalue weighted by Crippen LogP contribution is 2.34. The summed E-state index contributed by atoms with van der Waals surface area (Å²) in [6.07, 6.45) is 6.86. The number of hydrogen-bond acceptors (Lipinski definition) is 3. The van der Waals surface area contributed by atoms with Crippen molar-refractivity contribution < 1.29 is 14.0 Å². The van der Waals surface area contributed by atoms with Crippen LogP contribution in [0.4, 0.5) is 0 Å². The van der Waals surface area contributed by atoms with Crippen molar-refractivity contribution in [1.82, 2.24) is 10.2 Å². The van der Waals surface area contributed by atoms with Gasteiger partial charge in [-0.1, -0.05) is 26.2 Å². The van der Waals surface area contributed by atoms with Gasteiger partial charge in [0, 0.05) is 0 Å². The van der Waals surface area contributed by atoms with Gasteiger partial charge in [-0.2, -0.15) is 0 Å². The van der Waals surface area contributed by atoms with Gasteiger partial charge in [-0.25, -0.2) is 0 Å². The van der Waals surface area contributed by atoms with Crippen molar-refractivity contribution in [2.45, 2.75) is 63.6 Å². The SMILES string of the molecule is CCC1C(=O)NC2(CCCCC2)C(=O)N1Cc1ccco1. The summed E-state index contributed by atoms with van der Waals surface area (Å²) in [4.78, 5) is 27.2. The first-order valence-corrected chi connectivity index (χ1v) is 7.82. The lowest BCUT2D eigenvalue weighted by Gasteiger charge is -2.47. The van der Waals surface area contributed by atoms with Crippen LogP contribution in [0.3, 0.4) is 0 Å². The number of hydrogen-bond donors (Lipinski definition) is 1. The molecule has 1 aromatic heterocycles. The Balaban J connectivity index is 1.88. The predicted molar refractivity (Wildman–Crippen MR) is 77.3 cm³/mol. The summed E-state index contributed by atoms with van der Waals surface area (Å²) in [7, 11) is 0. The third kappa shape index (κ3) is 2.45. The topological polar surface area (TPSA) is 62.6 Å². The normalized spacial score (nSPS) is 25.2. The number of carbonyl (C=O) groups is 2. The molecule has 5 heteroatoms. The summed E-state index contributed by atoms with van der Waals surface area (Å²) in [5.41, 5.74) is -0.673. The van der Waals surface area contributed by atoms with Crippen molar-refractivity contribution in [1.29, 1.82) is 0 Å². The molecule has 0 bridgehead atoms. The molecule has 1 spiro atoms. The number of nitrogens with zero attached hydrogens (tertiary/aromatic N) is 1. The summed E-state index contributed by atoms with van der Waals surface area (Å²) >= 11 is 0. The third-order valence-corrected chi connectivity index (χ3v) is 4.71. The number of amides is 2. The van der Waals surface area contributed by atoms with Gasteiger partial charge in [0.25, 0.3) is 0 Å². The minimum Gasteiger partial charge on any atom is -0.467 e. The molecule has 0 radical (unpaired) electrons. The molecule has 1 saturated carbocycles. The molecule has 1 aliphatic heterocycles. The van der Waals surface area contributed by atoms with E-state index in [1.165, 1.54) is 0 Å². The van der Waals surface area contributed by atoms with E-state index in [9.17, 15) is 9.59 Å². The average molecular weight is 290 g/mol. The number of nitrogens with one attached hydrogen (secondary N) is 1. The summed E-state index contributed by atoms with van der Waals surface area (Å²) in [6.45, 7) is 2.31. The predicted octanol–water partition coefficient (Wildman–Crippen LogP) is 2.22. The molecular weight excluding hydrogens is 268 g/mol. The second-order valence-corrected chi connectivity index (χ2v) is 6.07. The van der Waals surface area contributed by atoms with Crippen LogP contribution in [-0.2, 0) is 16.1 Å². The summed E-state index contributed by atoms with van der Waals surface area (Å²) in [5.74, 6) is 0.762.